The van der Waals surface area contributed by atoms with Crippen molar-refractivity contribution in [2.75, 3.05) is 31.6 Å². The minimum Gasteiger partial charge on any atom is -0.481 e. The summed E-state index contributed by atoms with van der Waals surface area (Å²) in [4.78, 5) is 114. The van der Waals surface area contributed by atoms with Crippen molar-refractivity contribution in [3.05, 3.63) is 65.9 Å². The number of carboxylic acid groups (broad SMARTS) is 1. The number of alkyl carbamates (subject to hydrolysis) is 1. The Balaban J connectivity index is 1.88. The van der Waals surface area contributed by atoms with Crippen LogP contribution in [0.3, 0.4) is 0 Å². The topological polar surface area (TPSA) is 321 Å². The van der Waals surface area contributed by atoms with E-state index in [9.17, 15) is 51.9 Å². The maximum absolute atomic E-state index is 14.5. The number of benzene rings is 2. The summed E-state index contributed by atoms with van der Waals surface area (Å²) in [5.41, 5.74) is 0.896. The number of hydrogen-bond acceptors (Lipinski definition) is 13. The van der Waals surface area contributed by atoms with Gasteiger partial charge in [0.1, 0.15) is 41.6 Å². The van der Waals surface area contributed by atoms with E-state index < -0.39 is 100 Å². The third-order valence-electron chi connectivity index (χ3n) is 12.1. The number of fused-ring (bicyclic) bond motifs is 1. The smallest absolute Gasteiger partial charge is 0.446 e. The number of thioether (sulfide) groups is 1. The second-order valence-electron chi connectivity index (χ2n) is 19.7. The molecule has 428 valence electrons. The number of amides is 7. The molecule has 3 rings (SSSR count). The van der Waals surface area contributed by atoms with Crippen LogP contribution < -0.4 is 36.1 Å². The lowest BCUT2D eigenvalue weighted by molar-refractivity contribution is -0.140. The number of ether oxygens (including phenoxy) is 1. The number of hydrogen-bond donors (Lipinski definition) is 9. The molecule has 1 aromatic heterocycles. The van der Waals surface area contributed by atoms with Crippen molar-refractivity contribution in [2.24, 2.45) is 0 Å². The summed E-state index contributed by atoms with van der Waals surface area (Å²) in [6.07, 6.45) is 8.20. The van der Waals surface area contributed by atoms with E-state index in [-0.39, 0.29) is 44.3 Å². The van der Waals surface area contributed by atoms with Crippen LogP contribution in [0.5, 0.6) is 5.75 Å². The van der Waals surface area contributed by atoms with Crippen LogP contribution in [0.25, 0.3) is 10.9 Å². The molecule has 1 heterocycles. The van der Waals surface area contributed by atoms with Gasteiger partial charge in [-0.2, -0.15) is 20.2 Å². The monoisotopic (exact) mass is 1120 g/mol. The highest BCUT2D eigenvalue weighted by atomic mass is 32.3. The standard InChI is InChI=1S/C53H80N8O14S2/c1-8-11-16-28-61(29-17-12-9-2)51(69)42(25-26-46(63)64)59-48(66)41(27-30-76-7)58-50(68)44(32-36-33-54-39-20-15-14-18-38(36)39)56-45(62)34-55-47(65)40(19-13-10-3)57-49(67)43(60-52(70)74-53(4,5)6)31-35-21-23-37(24-22-35)75-77(71,72)73/h14-15,18,20-24,33,40-44,54H,8-13,16-17,19,25-32,34H2,1-7H3,(H,55,65)(H,56,62)(H,57,67)(H,58,68)(H,59,66)(H,60,70)(H,63,64)(H,71,72,73)/t40-,41-,42-,43-,44-/m0/s1. The Hall–Kier alpha value is -6.40. The first-order chi connectivity index (χ1) is 36.5. The number of aromatic nitrogens is 1. The van der Waals surface area contributed by atoms with Gasteiger partial charge in [0.05, 0.1) is 6.54 Å². The zero-order valence-electron chi connectivity index (χ0n) is 45.4. The number of rotatable bonds is 35. The molecule has 3 aromatic rings. The van der Waals surface area contributed by atoms with Crippen LogP contribution in [-0.2, 0) is 61.5 Å². The van der Waals surface area contributed by atoms with Gasteiger partial charge in [-0.1, -0.05) is 89.6 Å². The number of H-pyrrole nitrogens is 1. The predicted octanol–water partition coefficient (Wildman–Crippen LogP) is 5.10. The number of para-hydroxylation sites is 1. The van der Waals surface area contributed by atoms with E-state index in [0.717, 1.165) is 49.4 Å². The van der Waals surface area contributed by atoms with E-state index in [0.29, 0.717) is 42.8 Å². The fourth-order valence-electron chi connectivity index (χ4n) is 8.14. The highest BCUT2D eigenvalue weighted by molar-refractivity contribution is 7.98. The molecular weight excluding hydrogens is 1040 g/mol. The van der Waals surface area contributed by atoms with Gasteiger partial charge in [-0.15, -0.1) is 0 Å². The van der Waals surface area contributed by atoms with Gasteiger partial charge in [0, 0.05) is 49.5 Å². The number of aliphatic carboxylic acids is 1. The Morgan fingerprint density at radius 2 is 1.26 bits per heavy atom. The summed E-state index contributed by atoms with van der Waals surface area (Å²) in [5, 5.41) is 26.4. The van der Waals surface area contributed by atoms with E-state index in [2.05, 4.69) is 41.1 Å². The second kappa shape index (κ2) is 33.0. The molecule has 7 amide bonds. The van der Waals surface area contributed by atoms with Gasteiger partial charge in [-0.25, -0.2) is 4.79 Å². The normalized spacial score (nSPS) is 13.5. The number of carboxylic acids is 1. The van der Waals surface area contributed by atoms with Crippen molar-refractivity contribution in [3.8, 4) is 5.75 Å². The molecule has 0 unspecified atom stereocenters. The summed E-state index contributed by atoms with van der Waals surface area (Å²) in [5.74, 6) is -5.13. The van der Waals surface area contributed by atoms with Crippen LogP contribution in [0.2, 0.25) is 0 Å². The number of nitrogens with one attached hydrogen (secondary N) is 7. The highest BCUT2D eigenvalue weighted by Crippen LogP contribution is 2.20. The van der Waals surface area contributed by atoms with Crippen LogP contribution >= 0.6 is 11.8 Å². The predicted molar refractivity (Wildman–Crippen MR) is 293 cm³/mol. The van der Waals surface area contributed by atoms with Crippen molar-refractivity contribution in [1.82, 2.24) is 41.8 Å². The quantitative estimate of drug-likeness (QED) is 0.0273. The lowest BCUT2D eigenvalue weighted by atomic mass is 10.0. The molecule has 2 aromatic carbocycles. The first-order valence-corrected chi connectivity index (χ1v) is 29.0. The summed E-state index contributed by atoms with van der Waals surface area (Å²) >= 11 is 1.42. The molecule has 0 aliphatic carbocycles. The Bertz CT molecular complexity index is 2510. The van der Waals surface area contributed by atoms with Gasteiger partial charge in [0.15, 0.2) is 0 Å². The van der Waals surface area contributed by atoms with Crippen LogP contribution in [0.4, 0.5) is 4.79 Å². The van der Waals surface area contributed by atoms with Crippen molar-refractivity contribution in [3.63, 3.8) is 0 Å². The summed E-state index contributed by atoms with van der Waals surface area (Å²) in [6, 6.07) is 6.35. The van der Waals surface area contributed by atoms with E-state index in [1.54, 1.807) is 31.9 Å². The summed E-state index contributed by atoms with van der Waals surface area (Å²) in [7, 11) is -4.81. The minimum atomic E-state index is -4.81. The van der Waals surface area contributed by atoms with Crippen LogP contribution in [-0.4, -0.2) is 143 Å². The number of carbonyl (C=O) groups is 8. The molecule has 0 spiro atoms. The summed E-state index contributed by atoms with van der Waals surface area (Å²) < 4.78 is 41.3. The Morgan fingerprint density at radius 3 is 1.83 bits per heavy atom. The number of unbranched alkanes of at least 4 members (excludes halogenated alkanes) is 5. The minimum absolute atomic E-state index is 0.0614. The molecule has 77 heavy (non-hydrogen) atoms. The zero-order chi connectivity index (χ0) is 57.1. The number of aromatic amines is 1. The molecular formula is C53H80N8O14S2. The molecule has 0 radical (unpaired) electrons. The fraction of sp³-hybridized carbons (Fsp3) is 0.585. The molecule has 9 N–H and O–H groups in total. The Morgan fingerprint density at radius 1 is 0.688 bits per heavy atom. The maximum Gasteiger partial charge on any atom is 0.446 e. The van der Waals surface area contributed by atoms with Gasteiger partial charge in [-0.3, -0.25) is 38.1 Å². The molecule has 0 aliphatic heterocycles. The number of carbonyl (C=O) groups excluding carboxylic acids is 7. The van der Waals surface area contributed by atoms with Gasteiger partial charge in [0.2, 0.25) is 35.4 Å². The van der Waals surface area contributed by atoms with Crippen LogP contribution in [0.15, 0.2) is 54.7 Å². The molecule has 22 nitrogen and oxygen atoms in total. The van der Waals surface area contributed by atoms with Crippen molar-refractivity contribution >= 4 is 80.6 Å². The van der Waals surface area contributed by atoms with E-state index in [1.807, 2.05) is 51.3 Å². The molecule has 5 atom stereocenters. The van der Waals surface area contributed by atoms with Crippen LogP contribution in [0.1, 0.15) is 130 Å². The van der Waals surface area contributed by atoms with Crippen molar-refractivity contribution in [2.45, 2.75) is 167 Å². The first kappa shape index (κ1) is 64.9. The SMILES string of the molecule is CCCCCN(CCCCC)C(=O)[C@H](CCC(=O)O)NC(=O)[C@H](CCSC)NC(=O)[C@H](Cc1c[nH]c2ccccc12)NC(=O)CNC(=O)[C@H](CCCC)NC(=O)[C@H](Cc1ccc(OS(=O)(=O)O)cc1)NC(=O)OC(C)(C)C. The van der Waals surface area contributed by atoms with Gasteiger partial charge in [-0.05, 0) is 94.2 Å². The van der Waals surface area contributed by atoms with Crippen molar-refractivity contribution in [1.29, 1.82) is 0 Å². The van der Waals surface area contributed by atoms with E-state index in [1.165, 1.54) is 36.0 Å². The first-order valence-electron chi connectivity index (χ1n) is 26.2. The second-order valence-corrected chi connectivity index (χ2v) is 21.7. The Kier molecular flexibility index (Phi) is 27.8. The van der Waals surface area contributed by atoms with Crippen molar-refractivity contribution < 1.29 is 65.4 Å². The third-order valence-corrected chi connectivity index (χ3v) is 13.2. The summed E-state index contributed by atoms with van der Waals surface area (Å²) in [6.45, 7) is 11.1. The van der Waals surface area contributed by atoms with Gasteiger partial charge >= 0.3 is 22.5 Å². The lowest BCUT2D eigenvalue weighted by Crippen LogP contribution is -2.58. The fourth-order valence-corrected chi connectivity index (χ4v) is 8.97. The largest absolute Gasteiger partial charge is 0.481 e. The average molecular weight is 1120 g/mol. The zero-order valence-corrected chi connectivity index (χ0v) is 47.0. The maximum atomic E-state index is 14.5. The average Bonchev–Trinajstić information content (AvgIpc) is 3.77. The molecule has 0 fully saturated rings. The molecule has 0 bridgehead atoms. The molecule has 0 saturated heterocycles. The van der Waals surface area contributed by atoms with E-state index >= 15 is 0 Å². The third kappa shape index (κ3) is 24.6. The Labute approximate surface area is 456 Å². The van der Waals surface area contributed by atoms with Gasteiger partial charge < -0.3 is 55.8 Å². The lowest BCUT2D eigenvalue weighted by Gasteiger charge is -2.29. The van der Waals surface area contributed by atoms with E-state index in [4.69, 9.17) is 9.29 Å². The molecule has 24 heteroatoms. The molecule has 0 aliphatic rings. The van der Waals surface area contributed by atoms with Gasteiger partial charge in [0.25, 0.3) is 0 Å². The number of nitrogens with zero attached hydrogens (tertiary/aromatic N) is 1. The van der Waals surface area contributed by atoms with Crippen LogP contribution in [0, 0.1) is 0 Å². The molecule has 0 saturated carbocycles. The highest BCUT2D eigenvalue weighted by Gasteiger charge is 2.33.